The quantitative estimate of drug-likeness (QED) is 0.382. The summed E-state index contributed by atoms with van der Waals surface area (Å²) < 4.78 is 0. The van der Waals surface area contributed by atoms with Gasteiger partial charge in [-0.1, -0.05) is 47.2 Å². The standard InChI is InChI=1S/C21H15ClN6S/c1-12-4-2-7-16(24-12)13-5-3-6-14(10-13)20-27-28-21(29-20)25-18-9-8-17-15(19(18)22)11-23-26-17/h2-11H,1H3,(H,23,26)(H,25,28). The van der Waals surface area contributed by atoms with Crippen molar-refractivity contribution >= 4 is 44.7 Å². The number of nitrogens with zero attached hydrogens (tertiary/aromatic N) is 4. The Bertz CT molecular complexity index is 1330. The van der Waals surface area contributed by atoms with Gasteiger partial charge < -0.3 is 5.32 Å². The van der Waals surface area contributed by atoms with Crippen molar-refractivity contribution in [1.82, 2.24) is 25.4 Å². The Labute approximate surface area is 175 Å². The van der Waals surface area contributed by atoms with Gasteiger partial charge in [-0.15, -0.1) is 10.2 Å². The lowest BCUT2D eigenvalue weighted by atomic mass is 10.1. The van der Waals surface area contributed by atoms with E-state index in [0.29, 0.717) is 10.2 Å². The van der Waals surface area contributed by atoms with Crippen LogP contribution in [0.15, 0.2) is 60.8 Å². The van der Waals surface area contributed by atoms with Gasteiger partial charge in [0.15, 0.2) is 0 Å². The van der Waals surface area contributed by atoms with Crippen LogP contribution in [-0.2, 0) is 0 Å². The average Bonchev–Trinajstić information content (AvgIpc) is 3.40. The van der Waals surface area contributed by atoms with Gasteiger partial charge in [0.2, 0.25) is 5.13 Å². The number of aryl methyl sites for hydroxylation is 1. The van der Waals surface area contributed by atoms with Crippen molar-refractivity contribution in [2.24, 2.45) is 0 Å². The molecule has 2 aromatic carbocycles. The molecule has 0 atom stereocenters. The van der Waals surface area contributed by atoms with Gasteiger partial charge >= 0.3 is 0 Å². The number of anilines is 2. The molecule has 0 saturated carbocycles. The van der Waals surface area contributed by atoms with Gasteiger partial charge in [0, 0.05) is 22.2 Å². The van der Waals surface area contributed by atoms with Crippen molar-refractivity contribution in [2.75, 3.05) is 5.32 Å². The van der Waals surface area contributed by atoms with E-state index < -0.39 is 0 Å². The molecule has 6 nitrogen and oxygen atoms in total. The largest absolute Gasteiger partial charge is 0.329 e. The number of rotatable bonds is 4. The van der Waals surface area contributed by atoms with Crippen LogP contribution in [0.2, 0.25) is 5.02 Å². The highest BCUT2D eigenvalue weighted by molar-refractivity contribution is 7.18. The molecule has 2 N–H and O–H groups in total. The maximum atomic E-state index is 6.49. The first-order chi connectivity index (χ1) is 14.2. The average molecular weight is 419 g/mol. The van der Waals surface area contributed by atoms with Crippen LogP contribution in [0.5, 0.6) is 0 Å². The molecule has 0 aliphatic rings. The Morgan fingerprint density at radius 2 is 1.86 bits per heavy atom. The zero-order chi connectivity index (χ0) is 19.8. The molecule has 0 bridgehead atoms. The van der Waals surface area contributed by atoms with Gasteiger partial charge in [-0.25, -0.2) is 0 Å². The summed E-state index contributed by atoms with van der Waals surface area (Å²) in [5.41, 5.74) is 5.62. The summed E-state index contributed by atoms with van der Waals surface area (Å²) in [7, 11) is 0. The van der Waals surface area contributed by atoms with Crippen molar-refractivity contribution in [1.29, 1.82) is 0 Å². The second-order valence-corrected chi connectivity index (χ2v) is 7.90. The van der Waals surface area contributed by atoms with E-state index in [4.69, 9.17) is 11.6 Å². The van der Waals surface area contributed by atoms with E-state index in [2.05, 4.69) is 36.8 Å². The van der Waals surface area contributed by atoms with Crippen molar-refractivity contribution in [3.05, 3.63) is 71.5 Å². The molecule has 0 saturated heterocycles. The van der Waals surface area contributed by atoms with E-state index in [9.17, 15) is 0 Å². The summed E-state index contributed by atoms with van der Waals surface area (Å²) in [4.78, 5) is 4.60. The Morgan fingerprint density at radius 3 is 2.76 bits per heavy atom. The number of nitrogens with one attached hydrogen (secondary N) is 2. The first-order valence-electron chi connectivity index (χ1n) is 8.94. The van der Waals surface area contributed by atoms with Gasteiger partial charge in [-0.2, -0.15) is 5.10 Å². The number of H-pyrrole nitrogens is 1. The third-order valence-corrected chi connectivity index (χ3v) is 5.81. The lowest BCUT2D eigenvalue weighted by Gasteiger charge is -2.05. The molecule has 0 unspecified atom stereocenters. The maximum Gasteiger partial charge on any atom is 0.210 e. The van der Waals surface area contributed by atoms with Crippen LogP contribution in [0.3, 0.4) is 0 Å². The smallest absolute Gasteiger partial charge is 0.210 e. The molecule has 0 aliphatic heterocycles. The van der Waals surface area contributed by atoms with E-state index in [-0.39, 0.29) is 0 Å². The third kappa shape index (κ3) is 3.46. The molecule has 3 aromatic heterocycles. The molecule has 0 amide bonds. The molecule has 8 heteroatoms. The predicted octanol–water partition coefficient (Wildman–Crippen LogP) is 5.85. The summed E-state index contributed by atoms with van der Waals surface area (Å²) in [6, 6.07) is 18.0. The van der Waals surface area contributed by atoms with E-state index in [1.807, 2.05) is 55.5 Å². The van der Waals surface area contributed by atoms with Crippen LogP contribution in [0.1, 0.15) is 5.69 Å². The normalized spacial score (nSPS) is 11.1. The van der Waals surface area contributed by atoms with Crippen molar-refractivity contribution in [2.45, 2.75) is 6.92 Å². The monoisotopic (exact) mass is 418 g/mol. The number of aromatic nitrogens is 5. The van der Waals surface area contributed by atoms with Gasteiger partial charge in [0.25, 0.3) is 0 Å². The zero-order valence-corrected chi connectivity index (χ0v) is 16.9. The summed E-state index contributed by atoms with van der Waals surface area (Å²) in [5.74, 6) is 0. The SMILES string of the molecule is Cc1cccc(-c2cccc(-c3nnc(Nc4ccc5[nH]ncc5c4Cl)s3)c2)n1. The molecular weight excluding hydrogens is 404 g/mol. The molecule has 5 aromatic rings. The molecular formula is C21H15ClN6S. The fourth-order valence-corrected chi connectivity index (χ4v) is 4.11. The van der Waals surface area contributed by atoms with Crippen molar-refractivity contribution in [3.63, 3.8) is 0 Å². The van der Waals surface area contributed by atoms with Gasteiger partial charge in [-0.05, 0) is 37.3 Å². The highest BCUT2D eigenvalue weighted by Gasteiger charge is 2.12. The Morgan fingerprint density at radius 1 is 1.00 bits per heavy atom. The van der Waals surface area contributed by atoms with E-state index in [0.717, 1.165) is 44.1 Å². The summed E-state index contributed by atoms with van der Waals surface area (Å²) in [5, 5.41) is 21.8. The molecule has 29 heavy (non-hydrogen) atoms. The highest BCUT2D eigenvalue weighted by Crippen LogP contribution is 2.35. The third-order valence-electron chi connectivity index (χ3n) is 4.52. The molecule has 0 spiro atoms. The topological polar surface area (TPSA) is 79.4 Å². The maximum absolute atomic E-state index is 6.49. The van der Waals surface area contributed by atoms with Crippen LogP contribution in [0.4, 0.5) is 10.8 Å². The Hall–Kier alpha value is -3.29. The van der Waals surface area contributed by atoms with Crippen LogP contribution < -0.4 is 5.32 Å². The van der Waals surface area contributed by atoms with Crippen LogP contribution in [0, 0.1) is 6.92 Å². The Balaban J connectivity index is 1.44. The van der Waals surface area contributed by atoms with Gasteiger partial charge in [-0.3, -0.25) is 10.1 Å². The number of halogens is 1. The first kappa shape index (κ1) is 17.8. The van der Waals surface area contributed by atoms with E-state index in [1.165, 1.54) is 11.3 Å². The number of pyridine rings is 1. The number of benzene rings is 2. The summed E-state index contributed by atoms with van der Waals surface area (Å²) in [6.45, 7) is 1.99. The minimum absolute atomic E-state index is 0.598. The van der Waals surface area contributed by atoms with E-state index in [1.54, 1.807) is 6.20 Å². The minimum Gasteiger partial charge on any atom is -0.329 e. The molecule has 0 aliphatic carbocycles. The van der Waals surface area contributed by atoms with Crippen LogP contribution >= 0.6 is 22.9 Å². The van der Waals surface area contributed by atoms with E-state index >= 15 is 0 Å². The number of hydrogen-bond acceptors (Lipinski definition) is 6. The van der Waals surface area contributed by atoms with Gasteiger partial charge in [0.1, 0.15) is 5.01 Å². The molecule has 142 valence electrons. The second kappa shape index (κ2) is 7.27. The molecule has 5 rings (SSSR count). The number of aromatic amines is 1. The van der Waals surface area contributed by atoms with Crippen LogP contribution in [0.25, 0.3) is 32.7 Å². The lowest BCUT2D eigenvalue weighted by molar-refractivity contribution is 1.10. The van der Waals surface area contributed by atoms with Crippen molar-refractivity contribution in [3.8, 4) is 21.8 Å². The van der Waals surface area contributed by atoms with Gasteiger partial charge in [0.05, 0.1) is 28.1 Å². The molecule has 0 radical (unpaired) electrons. The number of hydrogen-bond donors (Lipinski definition) is 2. The fraction of sp³-hybridized carbons (Fsp3) is 0.0476. The van der Waals surface area contributed by atoms with Crippen molar-refractivity contribution < 1.29 is 0 Å². The number of fused-ring (bicyclic) bond motifs is 1. The first-order valence-corrected chi connectivity index (χ1v) is 10.1. The zero-order valence-electron chi connectivity index (χ0n) is 15.3. The lowest BCUT2D eigenvalue weighted by Crippen LogP contribution is -1.90. The Kier molecular flexibility index (Phi) is 4.46. The summed E-state index contributed by atoms with van der Waals surface area (Å²) >= 11 is 7.95. The molecule has 3 heterocycles. The highest BCUT2D eigenvalue weighted by atomic mass is 35.5. The fourth-order valence-electron chi connectivity index (χ4n) is 3.10. The predicted molar refractivity (Wildman–Crippen MR) is 118 cm³/mol. The van der Waals surface area contributed by atoms with Crippen LogP contribution in [-0.4, -0.2) is 25.4 Å². The summed E-state index contributed by atoms with van der Waals surface area (Å²) in [6.07, 6.45) is 1.71. The minimum atomic E-state index is 0.598. The molecule has 0 fully saturated rings. The second-order valence-electron chi connectivity index (χ2n) is 6.54.